The highest BCUT2D eigenvalue weighted by molar-refractivity contribution is 6.39. The van der Waals surface area contributed by atoms with Gasteiger partial charge in [0.25, 0.3) is 0 Å². The molecule has 2 aromatic carbocycles. The van der Waals surface area contributed by atoms with Gasteiger partial charge in [0.15, 0.2) is 0 Å². The van der Waals surface area contributed by atoms with Gasteiger partial charge in [-0.15, -0.1) is 0 Å². The first-order valence-corrected chi connectivity index (χ1v) is 9.28. The number of hydrogen-bond acceptors (Lipinski definition) is 5. The normalized spacial score (nSPS) is 10.1. The van der Waals surface area contributed by atoms with E-state index in [2.05, 4.69) is 29.4 Å². The number of hydrogen-bond donors (Lipinski definition) is 2. The highest BCUT2D eigenvalue weighted by atomic mass is 16.5. The van der Waals surface area contributed by atoms with Crippen LogP contribution in [0, 0.1) is 0 Å². The summed E-state index contributed by atoms with van der Waals surface area (Å²) in [5, 5.41) is 5.13. The summed E-state index contributed by atoms with van der Waals surface area (Å²) < 4.78 is 10.6. The van der Waals surface area contributed by atoms with E-state index in [9.17, 15) is 9.59 Å². The molecule has 0 aliphatic rings. The summed E-state index contributed by atoms with van der Waals surface area (Å²) in [4.78, 5) is 26.1. The van der Waals surface area contributed by atoms with Gasteiger partial charge < -0.3 is 25.0 Å². The van der Waals surface area contributed by atoms with Gasteiger partial charge in [-0.25, -0.2) is 0 Å². The van der Waals surface area contributed by atoms with Crippen molar-refractivity contribution in [2.24, 2.45) is 0 Å². The maximum Gasteiger partial charge on any atom is 0.313 e. The quantitative estimate of drug-likeness (QED) is 0.512. The minimum Gasteiger partial charge on any atom is -0.497 e. The molecule has 0 aliphatic carbocycles. The molecule has 0 aromatic heterocycles. The fourth-order valence-electron chi connectivity index (χ4n) is 2.62. The van der Waals surface area contributed by atoms with Gasteiger partial charge >= 0.3 is 11.8 Å². The number of rotatable bonds is 9. The van der Waals surface area contributed by atoms with Gasteiger partial charge in [0.05, 0.1) is 13.7 Å². The number of amides is 2. The smallest absolute Gasteiger partial charge is 0.313 e. The lowest BCUT2D eigenvalue weighted by atomic mass is 10.2. The summed E-state index contributed by atoms with van der Waals surface area (Å²) in [5.41, 5.74) is 1.65. The molecule has 0 radical (unpaired) electrons. The van der Waals surface area contributed by atoms with E-state index in [0.29, 0.717) is 11.4 Å². The van der Waals surface area contributed by atoms with Crippen molar-refractivity contribution in [3.63, 3.8) is 0 Å². The summed E-state index contributed by atoms with van der Waals surface area (Å²) in [5.74, 6) is -0.0126. The molecule has 2 aromatic rings. The van der Waals surface area contributed by atoms with Crippen molar-refractivity contribution in [1.29, 1.82) is 0 Å². The predicted molar refractivity (Wildman–Crippen MR) is 110 cm³/mol. The van der Waals surface area contributed by atoms with E-state index in [1.54, 1.807) is 43.5 Å². The van der Waals surface area contributed by atoms with Crippen molar-refractivity contribution in [2.45, 2.75) is 13.8 Å². The van der Waals surface area contributed by atoms with E-state index in [1.165, 1.54) is 0 Å². The Bertz CT molecular complexity index is 756. The molecule has 2 amide bonds. The molecule has 0 spiro atoms. The summed E-state index contributed by atoms with van der Waals surface area (Å²) in [7, 11) is 1.59. The standard InChI is InChI=1S/C21H27N3O4/c1-4-24(5-2)17-8-6-16(7-9-17)23-21(26)20(25)22-14-15-28-19-12-10-18(27-3)11-13-19/h6-13H,4-5,14-15H2,1-3H3,(H,22,25)(H,23,26). The molecule has 2 N–H and O–H groups in total. The minimum absolute atomic E-state index is 0.221. The van der Waals surface area contributed by atoms with E-state index in [1.807, 2.05) is 12.1 Å². The van der Waals surface area contributed by atoms with Gasteiger partial charge in [-0.1, -0.05) is 0 Å². The average molecular weight is 385 g/mol. The molecule has 0 unspecified atom stereocenters. The van der Waals surface area contributed by atoms with E-state index in [-0.39, 0.29) is 13.2 Å². The first kappa shape index (κ1) is 21.1. The van der Waals surface area contributed by atoms with Crippen molar-refractivity contribution in [2.75, 3.05) is 43.6 Å². The van der Waals surface area contributed by atoms with Crippen LogP contribution in [0.1, 0.15) is 13.8 Å². The summed E-state index contributed by atoms with van der Waals surface area (Å²) in [6.07, 6.45) is 0. The maximum atomic E-state index is 12.0. The Kier molecular flexibility index (Phi) is 8.14. The number of ether oxygens (including phenoxy) is 2. The Morgan fingerprint density at radius 3 is 2.07 bits per heavy atom. The number of methoxy groups -OCH3 is 1. The second-order valence-electron chi connectivity index (χ2n) is 5.95. The van der Waals surface area contributed by atoms with Crippen LogP contribution in [0.5, 0.6) is 11.5 Å². The van der Waals surface area contributed by atoms with Gasteiger partial charge in [0.2, 0.25) is 0 Å². The summed E-state index contributed by atoms with van der Waals surface area (Å²) >= 11 is 0. The second kappa shape index (κ2) is 10.8. The highest BCUT2D eigenvalue weighted by Crippen LogP contribution is 2.18. The van der Waals surface area contributed by atoms with Gasteiger partial charge in [-0.2, -0.15) is 0 Å². The van der Waals surface area contributed by atoms with Crippen LogP contribution in [0.2, 0.25) is 0 Å². The lowest BCUT2D eigenvalue weighted by Gasteiger charge is -2.21. The number of carbonyl (C=O) groups is 2. The van der Waals surface area contributed by atoms with Crippen molar-refractivity contribution in [3.8, 4) is 11.5 Å². The maximum absolute atomic E-state index is 12.0. The molecule has 0 saturated carbocycles. The Hall–Kier alpha value is -3.22. The largest absolute Gasteiger partial charge is 0.497 e. The molecule has 0 atom stereocenters. The zero-order chi connectivity index (χ0) is 20.4. The minimum atomic E-state index is -0.708. The first-order valence-electron chi connectivity index (χ1n) is 9.28. The van der Waals surface area contributed by atoms with Crippen LogP contribution in [-0.4, -0.2) is 45.2 Å². The molecule has 7 heteroatoms. The molecule has 7 nitrogen and oxygen atoms in total. The molecule has 0 heterocycles. The number of carbonyl (C=O) groups excluding carboxylic acids is 2. The third-order valence-electron chi connectivity index (χ3n) is 4.18. The molecule has 28 heavy (non-hydrogen) atoms. The average Bonchev–Trinajstić information content (AvgIpc) is 2.73. The van der Waals surface area contributed by atoms with Crippen molar-refractivity contribution >= 4 is 23.2 Å². The Labute approximate surface area is 165 Å². The number of benzene rings is 2. The molecule has 0 saturated heterocycles. The highest BCUT2D eigenvalue weighted by Gasteiger charge is 2.13. The molecule has 0 aliphatic heterocycles. The molecular formula is C21H27N3O4. The van der Waals surface area contributed by atoms with Crippen LogP contribution in [0.25, 0.3) is 0 Å². The lowest BCUT2D eigenvalue weighted by Crippen LogP contribution is -2.37. The van der Waals surface area contributed by atoms with Crippen LogP contribution in [0.4, 0.5) is 11.4 Å². The van der Waals surface area contributed by atoms with E-state index in [4.69, 9.17) is 9.47 Å². The van der Waals surface area contributed by atoms with Crippen molar-refractivity contribution < 1.29 is 19.1 Å². The third-order valence-corrected chi connectivity index (χ3v) is 4.18. The van der Waals surface area contributed by atoms with Crippen LogP contribution < -0.4 is 25.0 Å². The Morgan fingerprint density at radius 1 is 0.893 bits per heavy atom. The van der Waals surface area contributed by atoms with E-state index in [0.717, 1.165) is 24.5 Å². The van der Waals surface area contributed by atoms with E-state index < -0.39 is 11.8 Å². The fourth-order valence-corrected chi connectivity index (χ4v) is 2.62. The third kappa shape index (κ3) is 6.19. The lowest BCUT2D eigenvalue weighted by molar-refractivity contribution is -0.136. The molecule has 0 fully saturated rings. The Morgan fingerprint density at radius 2 is 1.50 bits per heavy atom. The van der Waals surface area contributed by atoms with Crippen molar-refractivity contribution in [1.82, 2.24) is 5.32 Å². The fraction of sp³-hybridized carbons (Fsp3) is 0.333. The second-order valence-corrected chi connectivity index (χ2v) is 5.95. The summed E-state index contributed by atoms with van der Waals surface area (Å²) in [6.45, 7) is 6.46. The van der Waals surface area contributed by atoms with Gasteiger partial charge in [0.1, 0.15) is 18.1 Å². The zero-order valence-electron chi connectivity index (χ0n) is 16.5. The van der Waals surface area contributed by atoms with E-state index >= 15 is 0 Å². The molecule has 150 valence electrons. The topological polar surface area (TPSA) is 79.9 Å². The summed E-state index contributed by atoms with van der Waals surface area (Å²) in [6, 6.07) is 14.5. The Balaban J connectivity index is 1.74. The van der Waals surface area contributed by atoms with Gasteiger partial charge in [0, 0.05) is 24.5 Å². The molecular weight excluding hydrogens is 358 g/mol. The zero-order valence-corrected chi connectivity index (χ0v) is 16.5. The van der Waals surface area contributed by atoms with Crippen LogP contribution in [0.15, 0.2) is 48.5 Å². The van der Waals surface area contributed by atoms with Crippen LogP contribution in [-0.2, 0) is 9.59 Å². The van der Waals surface area contributed by atoms with Gasteiger partial charge in [-0.05, 0) is 62.4 Å². The number of anilines is 2. The SMILES string of the molecule is CCN(CC)c1ccc(NC(=O)C(=O)NCCOc2ccc(OC)cc2)cc1. The number of nitrogens with zero attached hydrogens (tertiary/aromatic N) is 1. The molecule has 0 bridgehead atoms. The van der Waals surface area contributed by atoms with Crippen LogP contribution in [0.3, 0.4) is 0 Å². The monoisotopic (exact) mass is 385 g/mol. The van der Waals surface area contributed by atoms with Crippen LogP contribution >= 0.6 is 0 Å². The van der Waals surface area contributed by atoms with Crippen molar-refractivity contribution in [3.05, 3.63) is 48.5 Å². The number of nitrogens with one attached hydrogen (secondary N) is 2. The van der Waals surface area contributed by atoms with Gasteiger partial charge in [-0.3, -0.25) is 9.59 Å². The molecule has 2 rings (SSSR count). The first-order chi connectivity index (χ1) is 13.6. The predicted octanol–water partition coefficient (Wildman–Crippen LogP) is 2.68.